The van der Waals surface area contributed by atoms with Crippen LogP contribution in [0.2, 0.25) is 15.1 Å². The van der Waals surface area contributed by atoms with Crippen LogP contribution in [0.25, 0.3) is 0 Å². The Hall–Kier alpha value is -3.28. The van der Waals surface area contributed by atoms with Gasteiger partial charge in [0.1, 0.15) is 23.1 Å². The first-order valence-corrected chi connectivity index (χ1v) is 19.4. The van der Waals surface area contributed by atoms with Crippen LogP contribution >= 0.6 is 34.8 Å². The summed E-state index contributed by atoms with van der Waals surface area (Å²) >= 11 is 19.6. The van der Waals surface area contributed by atoms with Crippen LogP contribution in [0.4, 0.5) is 10.6 Å². The van der Waals surface area contributed by atoms with Gasteiger partial charge in [-0.05, 0) is 94.3 Å². The number of likely N-dealkylation sites (tertiary alicyclic amines) is 1. The summed E-state index contributed by atoms with van der Waals surface area (Å²) in [6, 6.07) is 13.2. The second-order valence-electron chi connectivity index (χ2n) is 15.5. The number of hydrogen-bond donors (Lipinski definition) is 1. The summed E-state index contributed by atoms with van der Waals surface area (Å²) in [6.07, 6.45) is 4.30. The van der Waals surface area contributed by atoms with Crippen molar-refractivity contribution in [2.45, 2.75) is 89.7 Å². The number of aryl methyl sites for hydroxylation is 1. The van der Waals surface area contributed by atoms with Crippen molar-refractivity contribution < 1.29 is 28.9 Å². The van der Waals surface area contributed by atoms with E-state index in [0.29, 0.717) is 46.1 Å². The van der Waals surface area contributed by atoms with Crippen molar-refractivity contribution in [1.29, 1.82) is 0 Å². The third-order valence-electron chi connectivity index (χ3n) is 10.2. The van der Waals surface area contributed by atoms with Crippen LogP contribution in [-0.4, -0.2) is 89.5 Å². The van der Waals surface area contributed by atoms with Crippen LogP contribution in [0.5, 0.6) is 5.75 Å². The highest BCUT2D eigenvalue weighted by molar-refractivity contribution is 6.37. The molecular formula is C40H49Cl3N4O6. The molecule has 10 nitrogen and oxygen atoms in total. The monoisotopic (exact) mass is 786 g/mol. The fourth-order valence-corrected chi connectivity index (χ4v) is 8.03. The van der Waals surface area contributed by atoms with E-state index < -0.39 is 23.2 Å². The average Bonchev–Trinajstić information content (AvgIpc) is 3.84. The van der Waals surface area contributed by atoms with Gasteiger partial charge in [0.2, 0.25) is 5.91 Å². The van der Waals surface area contributed by atoms with Crippen molar-refractivity contribution in [2.75, 3.05) is 44.8 Å². The minimum Gasteiger partial charge on any atom is -0.485 e. The maximum absolute atomic E-state index is 14.8. The van der Waals surface area contributed by atoms with E-state index in [1.807, 2.05) is 75.1 Å². The smallest absolute Gasteiger partial charge is 0.410 e. The van der Waals surface area contributed by atoms with Gasteiger partial charge in [0.15, 0.2) is 5.75 Å². The molecule has 0 radical (unpaired) electrons. The second kappa shape index (κ2) is 16.2. The Morgan fingerprint density at radius 1 is 1.00 bits per heavy atom. The summed E-state index contributed by atoms with van der Waals surface area (Å²) in [7, 11) is 1.66. The number of nitrogens with zero attached hydrogens (tertiary/aromatic N) is 4. The number of methoxy groups -OCH3 is 1. The van der Waals surface area contributed by atoms with Crippen LogP contribution in [0.1, 0.15) is 68.7 Å². The molecule has 6 rings (SSSR count). The highest BCUT2D eigenvalue weighted by atomic mass is 35.5. The lowest BCUT2D eigenvalue weighted by Crippen LogP contribution is -2.58. The summed E-state index contributed by atoms with van der Waals surface area (Å²) in [5.74, 6) is -0.00743. The number of halogens is 3. The molecule has 1 aliphatic carbocycles. The van der Waals surface area contributed by atoms with Crippen molar-refractivity contribution in [3.8, 4) is 5.75 Å². The maximum atomic E-state index is 14.8. The number of hydrogen-bond acceptors (Lipinski definition) is 8. The molecule has 3 atom stereocenters. The molecule has 0 bridgehead atoms. The van der Waals surface area contributed by atoms with E-state index in [1.54, 1.807) is 13.3 Å². The molecule has 13 heteroatoms. The molecule has 2 aliphatic heterocycles. The molecule has 1 saturated carbocycles. The van der Waals surface area contributed by atoms with Gasteiger partial charge in [0.05, 0.1) is 29.1 Å². The van der Waals surface area contributed by atoms with E-state index in [1.165, 1.54) is 4.90 Å². The Balaban J connectivity index is 1.24. The first-order valence-electron chi connectivity index (χ1n) is 18.3. The lowest BCUT2D eigenvalue weighted by Gasteiger charge is -2.45. The standard InChI is InChI=1S/C40H49Cl3N4O6/c1-25-18-33(42)36(34(43)19-25)52-30-12-15-45(23-30)35-11-7-28(21-44-35)40(50)14-16-46(38(49)53-39(2,3)4)24-31(40)37(48)47(29-8-9-29)22-27-20-26(13-17-51-5)6-10-32(27)41/h6-7,10-11,18-21,29-31,50H,8-9,12-17,22-24H2,1-5H3/t30-,31+,40-/m1/s1. The van der Waals surface area contributed by atoms with Gasteiger partial charge in [-0.2, -0.15) is 0 Å². The van der Waals surface area contributed by atoms with Crippen LogP contribution in [-0.2, 0) is 32.8 Å². The third kappa shape index (κ3) is 9.34. The SMILES string of the molecule is COCCc1ccc(Cl)c(CN(C(=O)[C@@H]2CN(C(=O)OC(C)(C)C)CC[C@@]2(O)c2ccc(N3CC[C@@H](Oc4c(Cl)cc(C)cc4Cl)C3)nc2)C2CC2)c1. The Kier molecular flexibility index (Phi) is 12.1. The number of amides is 2. The lowest BCUT2D eigenvalue weighted by molar-refractivity contribution is -0.155. The first-order chi connectivity index (χ1) is 25.1. The summed E-state index contributed by atoms with van der Waals surface area (Å²) in [5, 5.41) is 14.1. The van der Waals surface area contributed by atoms with Crippen LogP contribution < -0.4 is 9.64 Å². The van der Waals surface area contributed by atoms with Gasteiger partial charge in [-0.3, -0.25) is 4.79 Å². The zero-order valence-electron chi connectivity index (χ0n) is 31.0. The quantitative estimate of drug-likeness (QED) is 0.210. The summed E-state index contributed by atoms with van der Waals surface area (Å²) in [6.45, 7) is 9.70. The van der Waals surface area contributed by atoms with E-state index >= 15 is 0 Å². The van der Waals surface area contributed by atoms with Crippen molar-refractivity contribution in [1.82, 2.24) is 14.8 Å². The highest BCUT2D eigenvalue weighted by Gasteiger charge is 2.51. The number of anilines is 1. The summed E-state index contributed by atoms with van der Waals surface area (Å²) in [4.78, 5) is 38.3. The minimum atomic E-state index is -1.59. The molecule has 3 heterocycles. The van der Waals surface area contributed by atoms with E-state index in [0.717, 1.165) is 48.2 Å². The van der Waals surface area contributed by atoms with Crippen LogP contribution in [0.3, 0.4) is 0 Å². The first kappa shape index (κ1) is 39.4. The molecule has 2 amide bonds. The molecular weight excluding hydrogens is 739 g/mol. The van der Waals surface area contributed by atoms with Crippen molar-refractivity contribution in [2.24, 2.45) is 5.92 Å². The summed E-state index contributed by atoms with van der Waals surface area (Å²) in [5.41, 5.74) is 1.06. The Labute approximate surface area is 327 Å². The Bertz CT molecular complexity index is 1780. The van der Waals surface area contributed by atoms with E-state index in [4.69, 9.17) is 54.0 Å². The number of carbonyl (C=O) groups excluding carboxylic acids is 2. The van der Waals surface area contributed by atoms with Crippen molar-refractivity contribution in [3.05, 3.63) is 86.0 Å². The number of rotatable bonds is 11. The van der Waals surface area contributed by atoms with E-state index in [9.17, 15) is 14.7 Å². The fourth-order valence-electron chi connectivity index (χ4n) is 7.17. The largest absolute Gasteiger partial charge is 0.485 e. The molecule has 53 heavy (non-hydrogen) atoms. The molecule has 0 spiro atoms. The van der Waals surface area contributed by atoms with Gasteiger partial charge < -0.3 is 34.0 Å². The predicted molar refractivity (Wildman–Crippen MR) is 207 cm³/mol. The fraction of sp³-hybridized carbons (Fsp3) is 0.525. The van der Waals surface area contributed by atoms with Gasteiger partial charge in [0, 0.05) is 62.5 Å². The van der Waals surface area contributed by atoms with Crippen LogP contribution in [0.15, 0.2) is 48.7 Å². The number of carbonyl (C=O) groups is 2. The van der Waals surface area contributed by atoms with Crippen LogP contribution in [0, 0.1) is 12.8 Å². The highest BCUT2D eigenvalue weighted by Crippen LogP contribution is 2.42. The van der Waals surface area contributed by atoms with Gasteiger partial charge >= 0.3 is 6.09 Å². The maximum Gasteiger partial charge on any atom is 0.410 e. The number of aromatic nitrogens is 1. The van der Waals surface area contributed by atoms with Gasteiger partial charge in [-0.15, -0.1) is 0 Å². The number of aliphatic hydroxyl groups is 1. The molecule has 1 N–H and O–H groups in total. The van der Waals surface area contributed by atoms with E-state index in [2.05, 4.69) is 4.90 Å². The third-order valence-corrected chi connectivity index (χ3v) is 11.1. The second-order valence-corrected chi connectivity index (χ2v) is 16.7. The van der Waals surface area contributed by atoms with Gasteiger partial charge in [-0.1, -0.05) is 53.0 Å². The number of piperidine rings is 1. The zero-order chi connectivity index (χ0) is 38.1. The number of benzene rings is 2. The molecule has 1 aromatic heterocycles. The molecule has 3 aromatic rings. The number of pyridine rings is 1. The number of ether oxygens (including phenoxy) is 3. The minimum absolute atomic E-state index is 0.00783. The van der Waals surface area contributed by atoms with Crippen molar-refractivity contribution in [3.63, 3.8) is 0 Å². The Morgan fingerprint density at radius 2 is 1.74 bits per heavy atom. The average molecular weight is 788 g/mol. The summed E-state index contributed by atoms with van der Waals surface area (Å²) < 4.78 is 17.2. The van der Waals surface area contributed by atoms with Gasteiger partial charge in [-0.25, -0.2) is 9.78 Å². The van der Waals surface area contributed by atoms with E-state index in [-0.39, 0.29) is 44.1 Å². The molecule has 3 fully saturated rings. The lowest BCUT2D eigenvalue weighted by atomic mass is 9.75. The topological polar surface area (TPSA) is 105 Å². The zero-order valence-corrected chi connectivity index (χ0v) is 33.3. The molecule has 0 unspecified atom stereocenters. The van der Waals surface area contributed by atoms with Gasteiger partial charge in [0.25, 0.3) is 0 Å². The van der Waals surface area contributed by atoms with Crippen molar-refractivity contribution >= 4 is 52.6 Å². The molecule has 3 aliphatic rings. The molecule has 2 saturated heterocycles. The normalized spacial score (nSPS) is 21.8. The molecule has 286 valence electrons. The predicted octanol–water partition coefficient (Wildman–Crippen LogP) is 7.83. The molecule has 2 aromatic carbocycles. The Morgan fingerprint density at radius 3 is 2.38 bits per heavy atom.